The molecule has 15 heavy (non-hydrogen) atoms. The van der Waals surface area contributed by atoms with E-state index in [-0.39, 0.29) is 18.4 Å². The Hall–Kier alpha value is -0.710. The van der Waals surface area contributed by atoms with Crippen LogP contribution in [0.1, 0.15) is 24.4 Å². The largest absolute Gasteiger partial charge is 0.330 e. The molecule has 0 unspecified atom stereocenters. The van der Waals surface area contributed by atoms with Crippen molar-refractivity contribution in [3.05, 3.63) is 35.4 Å². The van der Waals surface area contributed by atoms with Gasteiger partial charge in [0.25, 0.3) is 0 Å². The van der Waals surface area contributed by atoms with Crippen LogP contribution >= 0.6 is 12.4 Å². The number of nitrogens with two attached hydrogens (primary N) is 2. The van der Waals surface area contributed by atoms with E-state index in [1.54, 1.807) is 0 Å². The zero-order chi connectivity index (χ0) is 10.6. The van der Waals surface area contributed by atoms with Gasteiger partial charge in [-0.05, 0) is 37.1 Å². The van der Waals surface area contributed by atoms with Crippen molar-refractivity contribution in [1.82, 2.24) is 0 Å². The summed E-state index contributed by atoms with van der Waals surface area (Å²) in [6.07, 6.45) is 1.39. The fraction of sp³-hybridized carbons (Fsp3) is 0.400. The lowest BCUT2D eigenvalue weighted by Crippen LogP contribution is -2.13. The molecule has 0 radical (unpaired) electrons. The van der Waals surface area contributed by atoms with Crippen LogP contribution in [0, 0.1) is 11.6 Å². The number of hydrogen-bond acceptors (Lipinski definition) is 2. The van der Waals surface area contributed by atoms with Gasteiger partial charge in [-0.3, -0.25) is 0 Å². The van der Waals surface area contributed by atoms with Crippen LogP contribution in [0.2, 0.25) is 0 Å². The normalized spacial score (nSPS) is 12.0. The van der Waals surface area contributed by atoms with Crippen LogP contribution in [0.5, 0.6) is 0 Å². The van der Waals surface area contributed by atoms with Gasteiger partial charge in [0.1, 0.15) is 11.6 Å². The van der Waals surface area contributed by atoms with E-state index in [0.29, 0.717) is 18.5 Å². The van der Waals surface area contributed by atoms with Gasteiger partial charge in [0.15, 0.2) is 0 Å². The first kappa shape index (κ1) is 14.3. The summed E-state index contributed by atoms with van der Waals surface area (Å²) in [6.45, 7) is 0.533. The molecule has 0 aromatic heterocycles. The Morgan fingerprint density at radius 2 is 1.67 bits per heavy atom. The van der Waals surface area contributed by atoms with Crippen LogP contribution in [0.4, 0.5) is 8.78 Å². The predicted octanol–water partition coefficient (Wildman–Crippen LogP) is 2.13. The molecular formula is C10H15ClF2N2. The van der Waals surface area contributed by atoms with Crippen LogP contribution in [0.3, 0.4) is 0 Å². The molecule has 0 saturated carbocycles. The Kier molecular flexibility index (Phi) is 6.40. The van der Waals surface area contributed by atoms with Crippen molar-refractivity contribution in [3.63, 3.8) is 0 Å². The molecule has 0 heterocycles. The van der Waals surface area contributed by atoms with Crippen molar-refractivity contribution < 1.29 is 8.78 Å². The highest BCUT2D eigenvalue weighted by Crippen LogP contribution is 2.17. The van der Waals surface area contributed by atoms with Crippen molar-refractivity contribution in [2.45, 2.75) is 18.9 Å². The van der Waals surface area contributed by atoms with Gasteiger partial charge in [0.2, 0.25) is 0 Å². The second-order valence-electron chi connectivity index (χ2n) is 3.24. The SMILES string of the molecule is Cl.NCCC[C@H](N)c1cc(F)cc(F)c1. The molecule has 0 aliphatic carbocycles. The highest BCUT2D eigenvalue weighted by molar-refractivity contribution is 5.85. The maximum atomic E-state index is 12.8. The summed E-state index contributed by atoms with van der Waals surface area (Å²) >= 11 is 0. The zero-order valence-corrected chi connectivity index (χ0v) is 9.07. The molecule has 1 aromatic rings. The molecule has 0 bridgehead atoms. The lowest BCUT2D eigenvalue weighted by molar-refractivity contribution is 0.562. The molecule has 1 atom stereocenters. The average Bonchev–Trinajstić information content (AvgIpc) is 2.12. The topological polar surface area (TPSA) is 52.0 Å². The van der Waals surface area contributed by atoms with E-state index in [2.05, 4.69) is 0 Å². The van der Waals surface area contributed by atoms with Gasteiger partial charge in [-0.15, -0.1) is 12.4 Å². The first-order chi connectivity index (χ1) is 6.63. The maximum absolute atomic E-state index is 12.8. The predicted molar refractivity (Wildman–Crippen MR) is 58.8 cm³/mol. The van der Waals surface area contributed by atoms with Crippen LogP contribution < -0.4 is 11.5 Å². The molecule has 0 fully saturated rings. The first-order valence-corrected chi connectivity index (χ1v) is 4.55. The van der Waals surface area contributed by atoms with Gasteiger partial charge in [-0.2, -0.15) is 0 Å². The summed E-state index contributed by atoms with van der Waals surface area (Å²) in [6, 6.07) is 3.00. The van der Waals surface area contributed by atoms with E-state index in [9.17, 15) is 8.78 Å². The zero-order valence-electron chi connectivity index (χ0n) is 8.25. The van der Waals surface area contributed by atoms with E-state index in [1.165, 1.54) is 12.1 Å². The standard InChI is InChI=1S/C10H14F2N2.ClH/c11-8-4-7(5-9(12)6-8)10(14)2-1-3-13;/h4-6,10H,1-3,13-14H2;1H/t10-;/m0./s1. The molecular weight excluding hydrogens is 222 g/mol. The van der Waals surface area contributed by atoms with Crippen LogP contribution in [-0.2, 0) is 0 Å². The van der Waals surface area contributed by atoms with Gasteiger partial charge >= 0.3 is 0 Å². The molecule has 0 saturated heterocycles. The van der Waals surface area contributed by atoms with Crippen molar-refractivity contribution in [1.29, 1.82) is 0 Å². The third-order valence-electron chi connectivity index (χ3n) is 2.03. The average molecular weight is 237 g/mol. The van der Waals surface area contributed by atoms with E-state index in [0.717, 1.165) is 12.5 Å². The van der Waals surface area contributed by atoms with Crippen molar-refractivity contribution in [2.24, 2.45) is 11.5 Å². The van der Waals surface area contributed by atoms with Gasteiger partial charge in [0, 0.05) is 12.1 Å². The highest BCUT2D eigenvalue weighted by atomic mass is 35.5. The highest BCUT2D eigenvalue weighted by Gasteiger charge is 2.08. The quantitative estimate of drug-likeness (QED) is 0.842. The van der Waals surface area contributed by atoms with E-state index in [1.807, 2.05) is 0 Å². The van der Waals surface area contributed by atoms with E-state index >= 15 is 0 Å². The molecule has 1 rings (SSSR count). The second-order valence-corrected chi connectivity index (χ2v) is 3.24. The monoisotopic (exact) mass is 236 g/mol. The molecule has 0 spiro atoms. The summed E-state index contributed by atoms with van der Waals surface area (Å²) in [5.41, 5.74) is 11.5. The van der Waals surface area contributed by atoms with Crippen LogP contribution in [0.15, 0.2) is 18.2 Å². The van der Waals surface area contributed by atoms with Crippen LogP contribution in [0.25, 0.3) is 0 Å². The third kappa shape index (κ3) is 4.55. The Labute approximate surface area is 94.1 Å². The molecule has 0 aliphatic heterocycles. The second kappa shape index (κ2) is 6.71. The number of halogens is 3. The fourth-order valence-corrected chi connectivity index (χ4v) is 1.29. The molecule has 1 aromatic carbocycles. The lowest BCUT2D eigenvalue weighted by Gasteiger charge is -2.11. The third-order valence-corrected chi connectivity index (χ3v) is 2.03. The Bertz CT molecular complexity index is 287. The number of benzene rings is 1. The van der Waals surface area contributed by atoms with Gasteiger partial charge in [0.05, 0.1) is 0 Å². The minimum absolute atomic E-state index is 0. The fourth-order valence-electron chi connectivity index (χ4n) is 1.29. The lowest BCUT2D eigenvalue weighted by atomic mass is 10.0. The molecule has 0 amide bonds. The molecule has 2 nitrogen and oxygen atoms in total. The summed E-state index contributed by atoms with van der Waals surface area (Å²) in [7, 11) is 0. The molecule has 4 N–H and O–H groups in total. The summed E-state index contributed by atoms with van der Waals surface area (Å²) in [5, 5.41) is 0. The van der Waals surface area contributed by atoms with E-state index < -0.39 is 11.6 Å². The first-order valence-electron chi connectivity index (χ1n) is 4.55. The maximum Gasteiger partial charge on any atom is 0.126 e. The van der Waals surface area contributed by atoms with E-state index in [4.69, 9.17) is 11.5 Å². The summed E-state index contributed by atoms with van der Waals surface area (Å²) in [4.78, 5) is 0. The molecule has 5 heteroatoms. The van der Waals surface area contributed by atoms with Gasteiger partial charge in [-0.1, -0.05) is 0 Å². The summed E-state index contributed by atoms with van der Waals surface area (Å²) in [5.74, 6) is -1.19. The number of hydrogen-bond donors (Lipinski definition) is 2. The van der Waals surface area contributed by atoms with Gasteiger partial charge in [-0.25, -0.2) is 8.78 Å². The van der Waals surface area contributed by atoms with Crippen molar-refractivity contribution >= 4 is 12.4 Å². The summed E-state index contributed by atoms with van der Waals surface area (Å²) < 4.78 is 25.6. The molecule has 86 valence electrons. The smallest absolute Gasteiger partial charge is 0.126 e. The van der Waals surface area contributed by atoms with Crippen molar-refractivity contribution in [3.8, 4) is 0 Å². The Morgan fingerprint density at radius 3 is 2.13 bits per heavy atom. The number of rotatable bonds is 4. The Balaban J connectivity index is 0.00000196. The van der Waals surface area contributed by atoms with Crippen LogP contribution in [-0.4, -0.2) is 6.54 Å². The minimum atomic E-state index is -0.594. The van der Waals surface area contributed by atoms with Crippen molar-refractivity contribution in [2.75, 3.05) is 6.54 Å². The molecule has 0 aliphatic rings. The Morgan fingerprint density at radius 1 is 1.13 bits per heavy atom. The minimum Gasteiger partial charge on any atom is -0.330 e. The van der Waals surface area contributed by atoms with Gasteiger partial charge < -0.3 is 11.5 Å².